The van der Waals surface area contributed by atoms with E-state index >= 15 is 0 Å². The van der Waals surface area contributed by atoms with E-state index in [9.17, 15) is 14.9 Å². The Hall–Kier alpha value is -2.11. The zero-order chi connectivity index (χ0) is 17.7. The standard InChI is InChI=1S/C18H27N3O3/c1-4-5-14(3)19-18(22)16-12-15(21(23)24)6-7-17(16)20-10-8-13(2)9-11-20/h6-7,12-14H,4-5,8-11H2,1-3H3,(H,19,22). The predicted molar refractivity (Wildman–Crippen MR) is 95.5 cm³/mol. The number of piperidine rings is 1. The number of nitrogens with zero attached hydrogens (tertiary/aromatic N) is 2. The Kier molecular flexibility index (Phi) is 6.17. The molecule has 1 atom stereocenters. The number of hydrogen-bond donors (Lipinski definition) is 1. The molecule has 1 aromatic carbocycles. The molecule has 0 aromatic heterocycles. The van der Waals surface area contributed by atoms with E-state index in [-0.39, 0.29) is 17.6 Å². The van der Waals surface area contributed by atoms with Crippen molar-refractivity contribution in [2.75, 3.05) is 18.0 Å². The van der Waals surface area contributed by atoms with Gasteiger partial charge in [-0.3, -0.25) is 14.9 Å². The minimum absolute atomic E-state index is 0.0441. The van der Waals surface area contributed by atoms with Crippen molar-refractivity contribution in [3.8, 4) is 0 Å². The lowest BCUT2D eigenvalue weighted by molar-refractivity contribution is -0.384. The highest BCUT2D eigenvalue weighted by atomic mass is 16.6. The fraction of sp³-hybridized carbons (Fsp3) is 0.611. The normalized spacial score (nSPS) is 16.7. The van der Waals surface area contributed by atoms with Gasteiger partial charge in [-0.15, -0.1) is 0 Å². The second-order valence-electron chi connectivity index (χ2n) is 6.79. The molecule has 6 heteroatoms. The Balaban J connectivity index is 2.29. The molecule has 132 valence electrons. The number of nitro benzene ring substituents is 1. The molecular formula is C18H27N3O3. The summed E-state index contributed by atoms with van der Waals surface area (Å²) in [4.78, 5) is 25.5. The highest BCUT2D eigenvalue weighted by Crippen LogP contribution is 2.29. The predicted octanol–water partition coefficient (Wildman–Crippen LogP) is 3.75. The maximum absolute atomic E-state index is 12.7. The van der Waals surface area contributed by atoms with Crippen molar-refractivity contribution in [3.63, 3.8) is 0 Å². The van der Waals surface area contributed by atoms with Crippen LogP contribution in [-0.2, 0) is 0 Å². The first-order chi connectivity index (χ1) is 11.4. The van der Waals surface area contributed by atoms with E-state index < -0.39 is 4.92 Å². The van der Waals surface area contributed by atoms with E-state index in [2.05, 4.69) is 24.1 Å². The molecule has 1 aliphatic rings. The summed E-state index contributed by atoms with van der Waals surface area (Å²) >= 11 is 0. The third kappa shape index (κ3) is 4.46. The topological polar surface area (TPSA) is 75.5 Å². The SMILES string of the molecule is CCCC(C)NC(=O)c1cc([N+](=O)[O-])ccc1N1CCC(C)CC1. The lowest BCUT2D eigenvalue weighted by Crippen LogP contribution is -2.37. The number of benzene rings is 1. The molecule has 1 aromatic rings. The van der Waals surface area contributed by atoms with Crippen molar-refractivity contribution in [2.24, 2.45) is 5.92 Å². The first-order valence-corrected chi connectivity index (χ1v) is 8.76. The molecule has 6 nitrogen and oxygen atoms in total. The van der Waals surface area contributed by atoms with Gasteiger partial charge < -0.3 is 10.2 Å². The Morgan fingerprint density at radius 2 is 2.08 bits per heavy atom. The van der Waals surface area contributed by atoms with Gasteiger partial charge in [0.25, 0.3) is 11.6 Å². The largest absolute Gasteiger partial charge is 0.371 e. The van der Waals surface area contributed by atoms with E-state index in [1.54, 1.807) is 6.07 Å². The highest BCUT2D eigenvalue weighted by Gasteiger charge is 2.24. The fourth-order valence-electron chi connectivity index (χ4n) is 3.15. The van der Waals surface area contributed by atoms with Crippen molar-refractivity contribution >= 4 is 17.3 Å². The molecule has 1 unspecified atom stereocenters. The molecular weight excluding hydrogens is 306 g/mol. The zero-order valence-corrected chi connectivity index (χ0v) is 14.7. The van der Waals surface area contributed by atoms with Crippen molar-refractivity contribution in [3.05, 3.63) is 33.9 Å². The van der Waals surface area contributed by atoms with Crippen LogP contribution in [0.1, 0.15) is 56.8 Å². The van der Waals surface area contributed by atoms with Gasteiger partial charge in [0.1, 0.15) is 0 Å². The van der Waals surface area contributed by atoms with Crippen molar-refractivity contribution in [1.82, 2.24) is 5.32 Å². The van der Waals surface area contributed by atoms with Gasteiger partial charge in [-0.1, -0.05) is 20.3 Å². The number of nitrogens with one attached hydrogen (secondary N) is 1. The van der Waals surface area contributed by atoms with Gasteiger partial charge in [0.05, 0.1) is 16.2 Å². The smallest absolute Gasteiger partial charge is 0.270 e. The number of carbonyl (C=O) groups excluding carboxylic acids is 1. The highest BCUT2D eigenvalue weighted by molar-refractivity contribution is 6.00. The summed E-state index contributed by atoms with van der Waals surface area (Å²) in [7, 11) is 0. The Labute approximate surface area is 143 Å². The summed E-state index contributed by atoms with van der Waals surface area (Å²) in [6, 6.07) is 4.66. The lowest BCUT2D eigenvalue weighted by atomic mass is 9.97. The van der Waals surface area contributed by atoms with Crippen molar-refractivity contribution in [2.45, 2.75) is 52.5 Å². The van der Waals surface area contributed by atoms with Crippen LogP contribution in [0.15, 0.2) is 18.2 Å². The quantitative estimate of drug-likeness (QED) is 0.635. The molecule has 1 fully saturated rings. The summed E-state index contributed by atoms with van der Waals surface area (Å²) in [6.45, 7) is 8.01. The monoisotopic (exact) mass is 333 g/mol. The molecule has 1 aliphatic heterocycles. The molecule has 1 amide bonds. The van der Waals surface area contributed by atoms with E-state index in [1.807, 2.05) is 6.92 Å². The molecule has 1 saturated heterocycles. The number of amides is 1. The van der Waals surface area contributed by atoms with Crippen LogP contribution in [-0.4, -0.2) is 30.0 Å². The molecule has 2 rings (SSSR count). The lowest BCUT2D eigenvalue weighted by Gasteiger charge is -2.33. The van der Waals surface area contributed by atoms with Gasteiger partial charge >= 0.3 is 0 Å². The summed E-state index contributed by atoms with van der Waals surface area (Å²) in [6.07, 6.45) is 4.01. The number of non-ortho nitro benzene ring substituents is 1. The average molecular weight is 333 g/mol. The number of rotatable bonds is 6. The molecule has 0 spiro atoms. The van der Waals surface area contributed by atoms with Gasteiger partial charge in [-0.05, 0) is 38.2 Å². The van der Waals surface area contributed by atoms with Gasteiger partial charge in [0.15, 0.2) is 0 Å². The van der Waals surface area contributed by atoms with Crippen LogP contribution in [0.2, 0.25) is 0 Å². The number of carbonyl (C=O) groups is 1. The van der Waals surface area contributed by atoms with E-state index in [4.69, 9.17) is 0 Å². The number of hydrogen-bond acceptors (Lipinski definition) is 4. The third-order valence-electron chi connectivity index (χ3n) is 4.66. The molecule has 1 N–H and O–H groups in total. The average Bonchev–Trinajstić information content (AvgIpc) is 2.55. The van der Waals surface area contributed by atoms with Gasteiger partial charge in [0, 0.05) is 31.3 Å². The molecule has 24 heavy (non-hydrogen) atoms. The first kappa shape index (κ1) is 18.2. The third-order valence-corrected chi connectivity index (χ3v) is 4.66. The van der Waals surface area contributed by atoms with Crippen molar-refractivity contribution < 1.29 is 9.72 Å². The molecule has 1 heterocycles. The van der Waals surface area contributed by atoms with Crippen LogP contribution < -0.4 is 10.2 Å². The second-order valence-corrected chi connectivity index (χ2v) is 6.79. The van der Waals surface area contributed by atoms with E-state index in [0.717, 1.165) is 44.5 Å². The summed E-state index contributed by atoms with van der Waals surface area (Å²) < 4.78 is 0. The van der Waals surface area contributed by atoms with Crippen LogP contribution in [0.3, 0.4) is 0 Å². The zero-order valence-electron chi connectivity index (χ0n) is 14.7. The van der Waals surface area contributed by atoms with Gasteiger partial charge in [-0.2, -0.15) is 0 Å². The summed E-state index contributed by atoms with van der Waals surface area (Å²) in [5, 5.41) is 14.1. The van der Waals surface area contributed by atoms with E-state index in [1.165, 1.54) is 12.1 Å². The number of anilines is 1. The second kappa shape index (κ2) is 8.13. The Morgan fingerprint density at radius 1 is 1.42 bits per heavy atom. The van der Waals surface area contributed by atoms with Gasteiger partial charge in [-0.25, -0.2) is 0 Å². The van der Waals surface area contributed by atoms with E-state index in [0.29, 0.717) is 11.5 Å². The van der Waals surface area contributed by atoms with Crippen LogP contribution >= 0.6 is 0 Å². The maximum atomic E-state index is 12.7. The fourth-order valence-corrected chi connectivity index (χ4v) is 3.15. The summed E-state index contributed by atoms with van der Waals surface area (Å²) in [5.41, 5.74) is 1.16. The molecule has 0 aliphatic carbocycles. The van der Waals surface area contributed by atoms with Gasteiger partial charge in [0.2, 0.25) is 0 Å². The number of nitro groups is 1. The molecule has 0 bridgehead atoms. The Bertz CT molecular complexity index is 595. The minimum Gasteiger partial charge on any atom is -0.371 e. The van der Waals surface area contributed by atoms with Crippen LogP contribution in [0.4, 0.5) is 11.4 Å². The van der Waals surface area contributed by atoms with Crippen LogP contribution in [0.5, 0.6) is 0 Å². The van der Waals surface area contributed by atoms with Crippen molar-refractivity contribution in [1.29, 1.82) is 0 Å². The Morgan fingerprint density at radius 3 is 2.67 bits per heavy atom. The van der Waals surface area contributed by atoms with Crippen LogP contribution in [0.25, 0.3) is 0 Å². The summed E-state index contributed by atoms with van der Waals surface area (Å²) in [5.74, 6) is 0.453. The maximum Gasteiger partial charge on any atom is 0.270 e. The first-order valence-electron chi connectivity index (χ1n) is 8.76. The minimum atomic E-state index is -0.450. The van der Waals surface area contributed by atoms with Crippen LogP contribution in [0, 0.1) is 16.0 Å². The molecule has 0 saturated carbocycles. The molecule has 0 radical (unpaired) electrons.